The van der Waals surface area contributed by atoms with Crippen LogP contribution in [0.1, 0.15) is 70.4 Å². The van der Waals surface area contributed by atoms with E-state index >= 15 is 0 Å². The highest BCUT2D eigenvalue weighted by Crippen LogP contribution is 2.45. The van der Waals surface area contributed by atoms with E-state index in [4.69, 9.17) is 28.8 Å². The first-order chi connectivity index (χ1) is 20.6. The zero-order valence-corrected chi connectivity index (χ0v) is 26.4. The molecule has 0 radical (unpaired) electrons. The van der Waals surface area contributed by atoms with Crippen molar-refractivity contribution in [2.24, 2.45) is 5.92 Å². The molecule has 9 heteroatoms. The maximum Gasteiger partial charge on any atom is 0.335 e. The van der Waals surface area contributed by atoms with Gasteiger partial charge < -0.3 is 24.8 Å². The Kier molecular flexibility index (Phi) is 7.92. The second-order valence-electron chi connectivity index (χ2n) is 11.8. The SMILES string of the molecule is Cc1ccc(C(=O)O)cc1-n1c(C)cc([C@H]2[C@H](c3ccccn3)NC(=S)N2c2ccc(N3CCC(C)CC3)c(Cl)c2)c1C. The minimum Gasteiger partial charge on any atom is -0.478 e. The van der Waals surface area contributed by atoms with Crippen molar-refractivity contribution < 1.29 is 9.90 Å². The second-order valence-corrected chi connectivity index (χ2v) is 12.6. The second kappa shape index (κ2) is 11.7. The summed E-state index contributed by atoms with van der Waals surface area (Å²) in [5.74, 6) is -0.212. The molecule has 2 N–H and O–H groups in total. The topological polar surface area (TPSA) is 73.6 Å². The number of aromatic carboxylic acids is 1. The van der Waals surface area contributed by atoms with Crippen molar-refractivity contribution in [3.8, 4) is 5.69 Å². The number of benzene rings is 2. The van der Waals surface area contributed by atoms with E-state index in [-0.39, 0.29) is 17.6 Å². The normalized spacial score (nSPS) is 19.1. The van der Waals surface area contributed by atoms with Crippen molar-refractivity contribution in [1.29, 1.82) is 0 Å². The van der Waals surface area contributed by atoms with Crippen LogP contribution in [0, 0.1) is 26.7 Å². The fourth-order valence-corrected chi connectivity index (χ4v) is 7.18. The van der Waals surface area contributed by atoms with Crippen molar-refractivity contribution in [3.63, 3.8) is 0 Å². The summed E-state index contributed by atoms with van der Waals surface area (Å²) < 4.78 is 2.14. The number of carboxylic acid groups (broad SMARTS) is 1. The summed E-state index contributed by atoms with van der Waals surface area (Å²) in [4.78, 5) is 21.1. The Morgan fingerprint density at radius 3 is 2.47 bits per heavy atom. The predicted molar refractivity (Wildman–Crippen MR) is 177 cm³/mol. The van der Waals surface area contributed by atoms with Crippen LogP contribution in [-0.2, 0) is 0 Å². The molecule has 2 aliphatic rings. The van der Waals surface area contributed by atoms with Gasteiger partial charge in [0.25, 0.3) is 0 Å². The Morgan fingerprint density at radius 2 is 1.79 bits per heavy atom. The summed E-state index contributed by atoms with van der Waals surface area (Å²) >= 11 is 13.0. The average molecular weight is 614 g/mol. The third kappa shape index (κ3) is 5.38. The molecule has 0 bridgehead atoms. The zero-order valence-electron chi connectivity index (χ0n) is 24.8. The lowest BCUT2D eigenvalue weighted by molar-refractivity contribution is 0.0697. The summed E-state index contributed by atoms with van der Waals surface area (Å²) in [5.41, 5.74) is 8.03. The summed E-state index contributed by atoms with van der Waals surface area (Å²) in [6, 6.07) is 19.2. The van der Waals surface area contributed by atoms with Gasteiger partial charge in [-0.2, -0.15) is 0 Å². The van der Waals surface area contributed by atoms with Gasteiger partial charge in [-0.15, -0.1) is 0 Å². The Balaban J connectivity index is 1.46. The molecule has 2 fully saturated rings. The lowest BCUT2D eigenvalue weighted by Gasteiger charge is -2.33. The number of hydrogen-bond donors (Lipinski definition) is 2. The minimum absolute atomic E-state index is 0.212. The molecule has 43 heavy (non-hydrogen) atoms. The number of aryl methyl sites for hydroxylation is 2. The van der Waals surface area contributed by atoms with Gasteiger partial charge in [-0.1, -0.05) is 30.7 Å². The predicted octanol–water partition coefficient (Wildman–Crippen LogP) is 7.56. The smallest absolute Gasteiger partial charge is 0.335 e. The lowest BCUT2D eigenvalue weighted by Crippen LogP contribution is -2.33. The molecule has 4 heterocycles. The molecule has 2 aromatic heterocycles. The van der Waals surface area contributed by atoms with Crippen molar-refractivity contribution in [2.75, 3.05) is 22.9 Å². The number of rotatable bonds is 6. The van der Waals surface area contributed by atoms with E-state index in [1.807, 2.05) is 37.3 Å². The highest BCUT2D eigenvalue weighted by atomic mass is 35.5. The molecule has 2 atom stereocenters. The fourth-order valence-electron chi connectivity index (χ4n) is 6.54. The van der Waals surface area contributed by atoms with E-state index in [2.05, 4.69) is 58.7 Å². The van der Waals surface area contributed by atoms with Crippen LogP contribution >= 0.6 is 23.8 Å². The molecule has 222 valence electrons. The van der Waals surface area contributed by atoms with Gasteiger partial charge in [0.15, 0.2) is 5.11 Å². The van der Waals surface area contributed by atoms with Gasteiger partial charge in [-0.05, 0) is 111 Å². The molecule has 6 rings (SSSR count). The fraction of sp³-hybridized carbons (Fsp3) is 0.324. The van der Waals surface area contributed by atoms with E-state index in [1.54, 1.807) is 18.3 Å². The summed E-state index contributed by atoms with van der Waals surface area (Å²) in [5, 5.41) is 14.6. The zero-order chi connectivity index (χ0) is 30.4. The van der Waals surface area contributed by atoms with E-state index in [0.29, 0.717) is 10.1 Å². The monoisotopic (exact) mass is 613 g/mol. The van der Waals surface area contributed by atoms with Gasteiger partial charge in [-0.25, -0.2) is 4.79 Å². The van der Waals surface area contributed by atoms with Gasteiger partial charge in [0.1, 0.15) is 0 Å². The van der Waals surface area contributed by atoms with E-state index in [9.17, 15) is 9.90 Å². The number of aromatic nitrogens is 2. The minimum atomic E-state index is -0.949. The number of hydrogen-bond acceptors (Lipinski definition) is 4. The van der Waals surface area contributed by atoms with Crippen LogP contribution in [0.2, 0.25) is 5.02 Å². The molecule has 0 amide bonds. The molecule has 7 nitrogen and oxygen atoms in total. The Hall–Kier alpha value is -3.88. The Bertz CT molecular complexity index is 1700. The highest BCUT2D eigenvalue weighted by molar-refractivity contribution is 7.80. The third-order valence-electron chi connectivity index (χ3n) is 8.92. The molecule has 2 saturated heterocycles. The van der Waals surface area contributed by atoms with Gasteiger partial charge in [0.2, 0.25) is 0 Å². The number of nitrogens with one attached hydrogen (secondary N) is 1. The van der Waals surface area contributed by atoms with Crippen molar-refractivity contribution in [3.05, 3.63) is 106 Å². The van der Waals surface area contributed by atoms with Crippen molar-refractivity contribution in [2.45, 2.75) is 52.6 Å². The highest BCUT2D eigenvalue weighted by Gasteiger charge is 2.42. The van der Waals surface area contributed by atoms with Gasteiger partial charge in [0.05, 0.1) is 34.1 Å². The largest absolute Gasteiger partial charge is 0.478 e. The van der Waals surface area contributed by atoms with Crippen LogP contribution in [-0.4, -0.2) is 38.8 Å². The summed E-state index contributed by atoms with van der Waals surface area (Å²) in [6.07, 6.45) is 4.13. The molecule has 0 spiro atoms. The first-order valence-corrected chi connectivity index (χ1v) is 15.5. The number of carbonyl (C=O) groups is 1. The molecule has 4 aromatic rings. The van der Waals surface area contributed by atoms with E-state index < -0.39 is 5.97 Å². The van der Waals surface area contributed by atoms with Gasteiger partial charge >= 0.3 is 5.97 Å². The number of anilines is 2. The molecule has 0 aliphatic carbocycles. The van der Waals surface area contributed by atoms with Crippen LogP contribution in [0.15, 0.2) is 66.9 Å². The molecule has 2 aliphatic heterocycles. The van der Waals surface area contributed by atoms with Crippen LogP contribution in [0.3, 0.4) is 0 Å². The molecular formula is C34H36ClN5O2S. The third-order valence-corrected chi connectivity index (χ3v) is 9.54. The maximum absolute atomic E-state index is 11.8. The van der Waals surface area contributed by atoms with Gasteiger partial charge in [-0.3, -0.25) is 4.98 Å². The van der Waals surface area contributed by atoms with E-state index in [0.717, 1.165) is 77.1 Å². The standard InChI is InChI=1S/C34H36ClN5O2S/c1-20-12-15-38(16-13-20)29-11-10-25(19-27(29)35)40-32(31(37-34(40)43)28-7-5-6-14-36-28)26-17-22(3)39(23(26)4)30-18-24(33(41)42)9-8-21(30)2/h5-11,14,17-20,31-32H,12-13,15-16H2,1-4H3,(H,37,43)(H,41,42)/t31-,32-/m0/s1. The summed E-state index contributed by atoms with van der Waals surface area (Å²) in [7, 11) is 0. The van der Waals surface area contributed by atoms with Crippen molar-refractivity contribution in [1.82, 2.24) is 14.9 Å². The lowest BCUT2D eigenvalue weighted by atomic mass is 9.96. The molecule has 0 unspecified atom stereocenters. The molecule has 0 saturated carbocycles. The maximum atomic E-state index is 11.8. The Morgan fingerprint density at radius 1 is 1.02 bits per heavy atom. The van der Waals surface area contributed by atoms with Gasteiger partial charge in [0, 0.05) is 42.0 Å². The molecule has 2 aromatic carbocycles. The number of piperidine rings is 1. The average Bonchev–Trinajstić information content (AvgIpc) is 3.48. The first kappa shape index (κ1) is 29.2. The number of halogens is 1. The number of pyridine rings is 1. The van der Waals surface area contributed by atoms with Crippen molar-refractivity contribution >= 4 is 46.3 Å². The first-order valence-electron chi connectivity index (χ1n) is 14.7. The summed E-state index contributed by atoms with van der Waals surface area (Å²) in [6.45, 7) is 10.4. The Labute approximate surface area is 263 Å². The van der Waals surface area contributed by atoms with Crippen LogP contribution in [0.4, 0.5) is 11.4 Å². The number of thiocarbonyl (C=S) groups is 1. The number of carboxylic acids is 1. The number of nitrogens with zero attached hydrogens (tertiary/aromatic N) is 4. The quantitative estimate of drug-likeness (QED) is 0.217. The van der Waals surface area contributed by atoms with Crippen LogP contribution < -0.4 is 15.1 Å². The van der Waals surface area contributed by atoms with Crippen LogP contribution in [0.25, 0.3) is 5.69 Å². The van der Waals surface area contributed by atoms with Crippen LogP contribution in [0.5, 0.6) is 0 Å². The molecular weight excluding hydrogens is 578 g/mol. The van der Waals surface area contributed by atoms with E-state index in [1.165, 1.54) is 0 Å².